The molecule has 1 aliphatic rings. The van der Waals surface area contributed by atoms with Crippen molar-refractivity contribution in [3.05, 3.63) is 53.6 Å². The van der Waals surface area contributed by atoms with Gasteiger partial charge in [0, 0.05) is 39.5 Å². The highest BCUT2D eigenvalue weighted by Crippen LogP contribution is 2.37. The summed E-state index contributed by atoms with van der Waals surface area (Å²) in [6.07, 6.45) is 3.96. The monoisotopic (exact) mass is 357 g/mol. The predicted molar refractivity (Wildman–Crippen MR) is 94.0 cm³/mol. The lowest BCUT2D eigenvalue weighted by molar-refractivity contribution is -0.153. The number of rotatable bonds is 6. The Hall–Kier alpha value is -2.67. The summed E-state index contributed by atoms with van der Waals surface area (Å²) in [4.78, 5) is 30.4. The van der Waals surface area contributed by atoms with E-state index in [0.717, 1.165) is 11.1 Å². The fourth-order valence-electron chi connectivity index (χ4n) is 3.48. The van der Waals surface area contributed by atoms with Crippen molar-refractivity contribution in [2.75, 3.05) is 7.11 Å². The largest absolute Gasteiger partial charge is 0.481 e. The van der Waals surface area contributed by atoms with Gasteiger partial charge in [0.1, 0.15) is 11.9 Å². The van der Waals surface area contributed by atoms with Crippen molar-refractivity contribution in [1.82, 2.24) is 14.5 Å². The number of piperidine rings is 1. The van der Waals surface area contributed by atoms with Gasteiger partial charge in [-0.25, -0.2) is 4.98 Å². The first-order valence-electron chi connectivity index (χ1n) is 8.57. The van der Waals surface area contributed by atoms with Gasteiger partial charge in [-0.05, 0) is 17.5 Å². The van der Waals surface area contributed by atoms with Crippen LogP contribution >= 0.6 is 0 Å². The summed E-state index contributed by atoms with van der Waals surface area (Å²) in [5, 5.41) is 9.68. The Morgan fingerprint density at radius 1 is 1.31 bits per heavy atom. The number of methoxy groups -OCH3 is 1. The second-order valence-corrected chi connectivity index (χ2v) is 6.60. The Bertz CT molecular complexity index is 784. The molecule has 26 heavy (non-hydrogen) atoms. The van der Waals surface area contributed by atoms with Crippen molar-refractivity contribution in [1.29, 1.82) is 0 Å². The minimum atomic E-state index is -0.897. The smallest absolute Gasteiger partial charge is 0.309 e. The number of hydrogen-bond donors (Lipinski definition) is 1. The number of aryl methyl sites for hydroxylation is 1. The van der Waals surface area contributed by atoms with Crippen LogP contribution in [0.3, 0.4) is 0 Å². The van der Waals surface area contributed by atoms with E-state index >= 15 is 0 Å². The number of nitrogens with zero attached hydrogens (tertiary/aromatic N) is 3. The van der Waals surface area contributed by atoms with Crippen LogP contribution in [0, 0.1) is 5.92 Å². The molecule has 0 aliphatic carbocycles. The molecule has 0 unspecified atom stereocenters. The quantitative estimate of drug-likeness (QED) is 0.856. The molecule has 3 rings (SSSR count). The number of ether oxygens (including phenoxy) is 1. The third-order valence-electron chi connectivity index (χ3n) is 4.83. The van der Waals surface area contributed by atoms with Gasteiger partial charge in [-0.1, -0.05) is 24.3 Å². The van der Waals surface area contributed by atoms with Crippen molar-refractivity contribution in [2.45, 2.75) is 32.0 Å². The summed E-state index contributed by atoms with van der Waals surface area (Å²) in [5.74, 6) is -1.01. The number of benzene rings is 1. The molecule has 1 aromatic heterocycles. The molecule has 1 N–H and O–H groups in total. The Labute approximate surface area is 152 Å². The molecule has 0 saturated carbocycles. The van der Waals surface area contributed by atoms with Crippen LogP contribution in [0.5, 0.6) is 0 Å². The number of carboxylic acid groups (broad SMARTS) is 1. The van der Waals surface area contributed by atoms with Gasteiger partial charge in [-0.3, -0.25) is 9.59 Å². The number of amides is 1. The molecule has 0 bridgehead atoms. The maximum absolute atomic E-state index is 12.6. The van der Waals surface area contributed by atoms with Crippen LogP contribution in [0.2, 0.25) is 0 Å². The second-order valence-electron chi connectivity index (χ2n) is 6.60. The van der Waals surface area contributed by atoms with Gasteiger partial charge in [0.05, 0.1) is 12.5 Å². The number of imidazole rings is 1. The minimum absolute atomic E-state index is 0.0449. The molecule has 1 amide bonds. The third-order valence-corrected chi connectivity index (χ3v) is 4.83. The van der Waals surface area contributed by atoms with E-state index < -0.39 is 17.9 Å². The zero-order valence-corrected chi connectivity index (χ0v) is 15.0. The lowest BCUT2D eigenvalue weighted by Gasteiger charge is -2.39. The average molecular weight is 357 g/mol. The topological polar surface area (TPSA) is 84.7 Å². The predicted octanol–water partition coefficient (Wildman–Crippen LogP) is 2.13. The SMILES string of the molecule is COCc1ccc(CN2C(=O)CC[C@H](C(=O)O)[C@H]2c2nccn2C)cc1. The van der Waals surface area contributed by atoms with Crippen LogP contribution in [-0.4, -0.2) is 38.5 Å². The van der Waals surface area contributed by atoms with Crippen molar-refractivity contribution < 1.29 is 19.4 Å². The van der Waals surface area contributed by atoms with Crippen molar-refractivity contribution >= 4 is 11.9 Å². The van der Waals surface area contributed by atoms with Crippen LogP contribution in [-0.2, 0) is 34.5 Å². The van der Waals surface area contributed by atoms with E-state index in [1.165, 1.54) is 0 Å². The third kappa shape index (κ3) is 3.62. The molecule has 1 saturated heterocycles. The summed E-state index contributed by atoms with van der Waals surface area (Å²) >= 11 is 0. The van der Waals surface area contributed by atoms with Gasteiger partial charge in [-0.15, -0.1) is 0 Å². The Balaban J connectivity index is 1.91. The standard InChI is InChI=1S/C19H23N3O4/c1-21-10-9-20-18(21)17-15(19(24)25)7-8-16(23)22(17)11-13-3-5-14(6-4-13)12-26-2/h3-6,9-10,15,17H,7-8,11-12H2,1-2H3,(H,24,25)/t15-,17-/m0/s1. The first kappa shape index (κ1) is 18.1. The highest BCUT2D eigenvalue weighted by atomic mass is 16.5. The molecule has 0 radical (unpaired) electrons. The van der Waals surface area contributed by atoms with E-state index in [1.807, 2.05) is 31.3 Å². The zero-order chi connectivity index (χ0) is 18.7. The number of carboxylic acids is 1. The first-order valence-corrected chi connectivity index (χ1v) is 8.57. The van der Waals surface area contributed by atoms with E-state index in [1.54, 1.807) is 29.0 Å². The lowest BCUT2D eigenvalue weighted by Crippen LogP contribution is -2.45. The molecule has 7 nitrogen and oxygen atoms in total. The Morgan fingerprint density at radius 2 is 2.00 bits per heavy atom. The number of aromatic nitrogens is 2. The number of likely N-dealkylation sites (tertiary alicyclic amines) is 1. The van der Waals surface area contributed by atoms with Crippen molar-refractivity contribution in [3.63, 3.8) is 0 Å². The summed E-state index contributed by atoms with van der Waals surface area (Å²) in [6, 6.07) is 7.23. The van der Waals surface area contributed by atoms with Crippen LogP contribution in [0.1, 0.15) is 35.8 Å². The molecule has 2 aromatic rings. The number of hydrogen-bond acceptors (Lipinski definition) is 4. The molecule has 2 heterocycles. The zero-order valence-electron chi connectivity index (χ0n) is 15.0. The van der Waals surface area contributed by atoms with Gasteiger partial charge in [0.2, 0.25) is 5.91 Å². The maximum atomic E-state index is 12.6. The molecule has 7 heteroatoms. The van der Waals surface area contributed by atoms with E-state index in [4.69, 9.17) is 4.74 Å². The van der Waals surface area contributed by atoms with E-state index in [9.17, 15) is 14.7 Å². The molecule has 0 spiro atoms. The summed E-state index contributed by atoms with van der Waals surface area (Å²) in [5.41, 5.74) is 1.99. The van der Waals surface area contributed by atoms with Crippen molar-refractivity contribution in [2.24, 2.45) is 13.0 Å². The molecular weight excluding hydrogens is 334 g/mol. The maximum Gasteiger partial charge on any atom is 0.309 e. The van der Waals surface area contributed by atoms with E-state index in [2.05, 4.69) is 4.98 Å². The normalized spacial score (nSPS) is 20.4. The molecule has 1 fully saturated rings. The van der Waals surface area contributed by atoms with Crippen LogP contribution in [0.4, 0.5) is 0 Å². The van der Waals surface area contributed by atoms with Crippen LogP contribution in [0.25, 0.3) is 0 Å². The van der Waals surface area contributed by atoms with Gasteiger partial charge in [-0.2, -0.15) is 0 Å². The van der Waals surface area contributed by atoms with Gasteiger partial charge >= 0.3 is 5.97 Å². The Morgan fingerprint density at radius 3 is 2.58 bits per heavy atom. The minimum Gasteiger partial charge on any atom is -0.481 e. The molecule has 1 aromatic carbocycles. The van der Waals surface area contributed by atoms with E-state index in [0.29, 0.717) is 25.4 Å². The van der Waals surface area contributed by atoms with Gasteiger partial charge < -0.3 is 19.3 Å². The van der Waals surface area contributed by atoms with Gasteiger partial charge in [0.25, 0.3) is 0 Å². The van der Waals surface area contributed by atoms with E-state index in [-0.39, 0.29) is 12.3 Å². The number of aliphatic carboxylic acids is 1. The van der Waals surface area contributed by atoms with Crippen LogP contribution < -0.4 is 0 Å². The molecule has 138 valence electrons. The highest BCUT2D eigenvalue weighted by molar-refractivity contribution is 5.81. The number of carbonyl (C=O) groups excluding carboxylic acids is 1. The van der Waals surface area contributed by atoms with Crippen LogP contribution in [0.15, 0.2) is 36.7 Å². The van der Waals surface area contributed by atoms with Crippen molar-refractivity contribution in [3.8, 4) is 0 Å². The molecule has 2 atom stereocenters. The van der Waals surface area contributed by atoms with Gasteiger partial charge in [0.15, 0.2) is 0 Å². The summed E-state index contributed by atoms with van der Waals surface area (Å²) in [7, 11) is 3.46. The lowest BCUT2D eigenvalue weighted by atomic mass is 9.87. The fourth-order valence-corrected chi connectivity index (χ4v) is 3.48. The second kappa shape index (κ2) is 7.70. The number of carbonyl (C=O) groups is 2. The fraction of sp³-hybridized carbons (Fsp3) is 0.421. The Kier molecular flexibility index (Phi) is 5.37. The average Bonchev–Trinajstić information content (AvgIpc) is 3.04. The molecular formula is C19H23N3O4. The summed E-state index contributed by atoms with van der Waals surface area (Å²) in [6.45, 7) is 0.882. The summed E-state index contributed by atoms with van der Waals surface area (Å²) < 4.78 is 6.90. The first-order chi connectivity index (χ1) is 12.5. The molecule has 1 aliphatic heterocycles. The highest BCUT2D eigenvalue weighted by Gasteiger charge is 2.42.